The predicted octanol–water partition coefficient (Wildman–Crippen LogP) is 3.07. The molecular weight excluding hydrogens is 316 g/mol. The molecule has 0 aliphatic rings. The lowest BCUT2D eigenvalue weighted by Crippen LogP contribution is -2.55. The molecule has 5 nitrogen and oxygen atoms in total. The molecule has 1 atom stereocenters. The van der Waals surface area contributed by atoms with Gasteiger partial charge in [0.05, 0.1) is 12.0 Å². The van der Waals surface area contributed by atoms with E-state index in [-0.39, 0.29) is 12.5 Å². The van der Waals surface area contributed by atoms with Gasteiger partial charge in [-0.25, -0.2) is 5.43 Å². The number of ether oxygens (including phenoxy) is 1. The number of benzene rings is 1. The molecule has 0 radical (unpaired) electrons. The minimum absolute atomic E-state index is 0.267. The molecule has 1 amide bonds. The Kier molecular flexibility index (Phi) is 8.73. The first-order valence-electron chi connectivity index (χ1n) is 8.70. The molecule has 0 aromatic heterocycles. The number of rotatable bonds is 8. The Hall–Kier alpha value is -2.32. The van der Waals surface area contributed by atoms with Gasteiger partial charge in [0, 0.05) is 12.0 Å². The molecule has 0 heterocycles. The summed E-state index contributed by atoms with van der Waals surface area (Å²) in [6.45, 7) is 7.83. The molecule has 0 spiro atoms. The molecule has 2 N–H and O–H groups in total. The van der Waals surface area contributed by atoms with Crippen LogP contribution >= 0.6 is 0 Å². The molecule has 1 aromatic rings. The van der Waals surface area contributed by atoms with Crippen LogP contribution in [0.15, 0.2) is 30.3 Å². The monoisotopic (exact) mass is 344 g/mol. The van der Waals surface area contributed by atoms with Crippen LogP contribution < -0.4 is 10.9 Å². The van der Waals surface area contributed by atoms with Gasteiger partial charge in [-0.2, -0.15) is 0 Å². The van der Waals surface area contributed by atoms with E-state index in [1.165, 1.54) is 0 Å². The summed E-state index contributed by atoms with van der Waals surface area (Å²) in [7, 11) is 0. The third-order valence-electron chi connectivity index (χ3n) is 3.68. The van der Waals surface area contributed by atoms with Gasteiger partial charge in [-0.15, -0.1) is 5.92 Å². The number of esters is 1. The van der Waals surface area contributed by atoms with Crippen LogP contribution in [0.1, 0.15) is 57.3 Å². The Morgan fingerprint density at radius 2 is 1.88 bits per heavy atom. The van der Waals surface area contributed by atoms with Crippen molar-refractivity contribution in [3.63, 3.8) is 0 Å². The Labute approximate surface area is 150 Å². The van der Waals surface area contributed by atoms with Crippen LogP contribution in [0, 0.1) is 17.3 Å². The quantitative estimate of drug-likeness (QED) is 0.329. The van der Waals surface area contributed by atoms with Gasteiger partial charge >= 0.3 is 5.97 Å². The first-order valence-corrected chi connectivity index (χ1v) is 8.70. The molecule has 1 aromatic carbocycles. The topological polar surface area (TPSA) is 67.4 Å². The molecule has 0 fully saturated rings. The van der Waals surface area contributed by atoms with Gasteiger partial charge in [0.25, 0.3) is 5.91 Å². The summed E-state index contributed by atoms with van der Waals surface area (Å²) in [5.74, 6) is 5.49. The standard InChI is InChI=1S/C20H28N2O3/c1-5-7-8-12-15-20(3,4)17(19(24)25-6-2)21-22-18(23)16-13-10-9-11-14-16/h9-11,13-14,17,21H,5-8H2,1-4H3,(H,22,23)/t17-/m1/s1. The Balaban J connectivity index is 2.83. The van der Waals surface area contributed by atoms with E-state index in [1.54, 1.807) is 31.2 Å². The van der Waals surface area contributed by atoms with E-state index in [0.29, 0.717) is 5.56 Å². The smallest absolute Gasteiger partial charge is 0.326 e. The number of hydrogen-bond acceptors (Lipinski definition) is 4. The zero-order valence-electron chi connectivity index (χ0n) is 15.5. The second-order valence-electron chi connectivity index (χ2n) is 6.28. The van der Waals surface area contributed by atoms with E-state index in [1.807, 2.05) is 19.9 Å². The van der Waals surface area contributed by atoms with E-state index >= 15 is 0 Å². The maximum atomic E-state index is 12.3. The maximum Gasteiger partial charge on any atom is 0.326 e. The number of carbonyl (C=O) groups is 2. The van der Waals surface area contributed by atoms with Crippen LogP contribution in [-0.4, -0.2) is 24.5 Å². The predicted molar refractivity (Wildman–Crippen MR) is 98.5 cm³/mol. The van der Waals surface area contributed by atoms with Crippen LogP contribution in [0.4, 0.5) is 0 Å². The summed E-state index contributed by atoms with van der Waals surface area (Å²) in [6, 6.07) is 8.02. The molecule has 136 valence electrons. The van der Waals surface area contributed by atoms with E-state index in [2.05, 4.69) is 29.6 Å². The summed E-state index contributed by atoms with van der Waals surface area (Å²) in [4.78, 5) is 24.5. The minimum Gasteiger partial charge on any atom is -0.465 e. The fraction of sp³-hybridized carbons (Fsp3) is 0.500. The van der Waals surface area contributed by atoms with Gasteiger partial charge < -0.3 is 4.74 Å². The summed E-state index contributed by atoms with van der Waals surface area (Å²) >= 11 is 0. The fourth-order valence-electron chi connectivity index (χ4n) is 2.19. The van der Waals surface area contributed by atoms with Crippen LogP contribution in [0.5, 0.6) is 0 Å². The minimum atomic E-state index is -0.769. The van der Waals surface area contributed by atoms with Crippen LogP contribution in [0.2, 0.25) is 0 Å². The molecule has 0 aliphatic heterocycles. The largest absolute Gasteiger partial charge is 0.465 e. The normalized spacial score (nSPS) is 11.8. The average molecular weight is 344 g/mol. The number of carbonyl (C=O) groups excluding carboxylic acids is 2. The lowest BCUT2D eigenvalue weighted by Gasteiger charge is -2.28. The summed E-state index contributed by atoms with van der Waals surface area (Å²) < 4.78 is 5.14. The highest BCUT2D eigenvalue weighted by atomic mass is 16.5. The SMILES string of the molecule is CCCCC#CC(C)(C)[C@H](NNC(=O)c1ccccc1)C(=O)OCC. The first kappa shape index (κ1) is 20.7. The summed E-state index contributed by atoms with van der Waals surface area (Å²) in [5, 5.41) is 0. The summed E-state index contributed by atoms with van der Waals surface area (Å²) in [5.41, 5.74) is 5.21. The van der Waals surface area contributed by atoms with E-state index in [4.69, 9.17) is 4.74 Å². The Bertz CT molecular complexity index is 615. The number of hydrogen-bond donors (Lipinski definition) is 2. The van der Waals surface area contributed by atoms with Crippen molar-refractivity contribution in [1.29, 1.82) is 0 Å². The van der Waals surface area contributed by atoms with Crippen molar-refractivity contribution in [2.24, 2.45) is 5.41 Å². The molecule has 1 rings (SSSR count). The van der Waals surface area contributed by atoms with Gasteiger partial charge in [0.15, 0.2) is 0 Å². The third-order valence-corrected chi connectivity index (χ3v) is 3.68. The molecule has 0 saturated heterocycles. The molecule has 5 heteroatoms. The number of nitrogens with one attached hydrogen (secondary N) is 2. The van der Waals surface area contributed by atoms with E-state index in [9.17, 15) is 9.59 Å². The van der Waals surface area contributed by atoms with Gasteiger partial charge in [0.2, 0.25) is 0 Å². The van der Waals surface area contributed by atoms with Gasteiger partial charge in [-0.3, -0.25) is 15.0 Å². The van der Waals surface area contributed by atoms with E-state index in [0.717, 1.165) is 19.3 Å². The van der Waals surface area contributed by atoms with Crippen molar-refractivity contribution in [2.75, 3.05) is 6.61 Å². The highest BCUT2D eigenvalue weighted by Crippen LogP contribution is 2.21. The Morgan fingerprint density at radius 1 is 1.20 bits per heavy atom. The van der Waals surface area contributed by atoms with Gasteiger partial charge in [-0.1, -0.05) is 37.5 Å². The molecule has 0 bridgehead atoms. The van der Waals surface area contributed by atoms with E-state index < -0.39 is 17.4 Å². The van der Waals surface area contributed by atoms with Crippen molar-refractivity contribution in [3.05, 3.63) is 35.9 Å². The zero-order valence-corrected chi connectivity index (χ0v) is 15.5. The lowest BCUT2D eigenvalue weighted by molar-refractivity contribution is -0.148. The molecule has 25 heavy (non-hydrogen) atoms. The van der Waals surface area contributed by atoms with Crippen molar-refractivity contribution < 1.29 is 14.3 Å². The maximum absolute atomic E-state index is 12.3. The second-order valence-corrected chi connectivity index (χ2v) is 6.28. The number of amides is 1. The molecular formula is C20H28N2O3. The lowest BCUT2D eigenvalue weighted by atomic mass is 9.85. The van der Waals surface area contributed by atoms with Crippen molar-refractivity contribution >= 4 is 11.9 Å². The molecule has 0 aliphatic carbocycles. The number of hydrazine groups is 1. The first-order chi connectivity index (χ1) is 11.9. The van der Waals surface area contributed by atoms with Gasteiger partial charge in [-0.05, 0) is 39.3 Å². The van der Waals surface area contributed by atoms with Crippen LogP contribution in [0.25, 0.3) is 0 Å². The highest BCUT2D eigenvalue weighted by Gasteiger charge is 2.35. The van der Waals surface area contributed by atoms with Crippen molar-refractivity contribution in [1.82, 2.24) is 10.9 Å². The number of unbranched alkanes of at least 4 members (excludes halogenated alkanes) is 2. The van der Waals surface area contributed by atoms with Gasteiger partial charge in [0.1, 0.15) is 6.04 Å². The summed E-state index contributed by atoms with van der Waals surface area (Å²) in [6.07, 6.45) is 2.87. The molecule has 0 saturated carbocycles. The third kappa shape index (κ3) is 6.98. The molecule has 0 unspecified atom stereocenters. The van der Waals surface area contributed by atoms with Crippen LogP contribution in [0.3, 0.4) is 0 Å². The van der Waals surface area contributed by atoms with Crippen LogP contribution in [-0.2, 0) is 9.53 Å². The van der Waals surface area contributed by atoms with Crippen molar-refractivity contribution in [2.45, 2.75) is 53.0 Å². The Morgan fingerprint density at radius 3 is 2.48 bits per heavy atom. The fourth-order valence-corrected chi connectivity index (χ4v) is 2.19. The second kappa shape index (κ2) is 10.5. The van der Waals surface area contributed by atoms with Crippen molar-refractivity contribution in [3.8, 4) is 11.8 Å². The average Bonchev–Trinajstić information content (AvgIpc) is 2.59. The zero-order chi connectivity index (χ0) is 18.7. The highest BCUT2D eigenvalue weighted by molar-refractivity contribution is 5.94.